The van der Waals surface area contributed by atoms with Crippen LogP contribution < -0.4 is 5.32 Å². The van der Waals surface area contributed by atoms with Gasteiger partial charge in [0.25, 0.3) is 0 Å². The van der Waals surface area contributed by atoms with E-state index in [2.05, 4.69) is 15.5 Å². The molecule has 4 rings (SSSR count). The summed E-state index contributed by atoms with van der Waals surface area (Å²) in [6.45, 7) is 0.421. The molecule has 0 saturated heterocycles. The Balaban J connectivity index is 1.34. The van der Waals surface area contributed by atoms with E-state index in [0.29, 0.717) is 34.5 Å². The predicted octanol–water partition coefficient (Wildman–Crippen LogP) is 5.98. The van der Waals surface area contributed by atoms with Crippen LogP contribution in [-0.4, -0.2) is 39.5 Å². The quantitative estimate of drug-likeness (QED) is 0.395. The first-order valence-electron chi connectivity index (χ1n) is 11.8. The third-order valence-corrected chi connectivity index (χ3v) is 7.25. The second kappa shape index (κ2) is 12.1. The van der Waals surface area contributed by atoms with Crippen molar-refractivity contribution in [1.29, 1.82) is 0 Å². The molecule has 1 aliphatic rings. The maximum absolute atomic E-state index is 13.1. The lowest BCUT2D eigenvalue weighted by Crippen LogP contribution is -2.43. The molecule has 6 nitrogen and oxygen atoms in total. The van der Waals surface area contributed by atoms with Crippen LogP contribution in [0.15, 0.2) is 54.6 Å². The van der Waals surface area contributed by atoms with Crippen molar-refractivity contribution in [3.05, 3.63) is 65.2 Å². The third kappa shape index (κ3) is 6.87. The topological polar surface area (TPSA) is 75.2 Å². The standard InChI is InChI=1S/C26H29ClN4O2S/c27-21-11-7-10-20(18-21)25-29-30-26(34-25)28-23(32)16-17-31(22-12-5-2-6-13-22)24(33)15-14-19-8-3-1-4-9-19/h1,3-4,7-11,18,22H,2,5-6,12-17H2,(H,28,30,32). The van der Waals surface area contributed by atoms with Gasteiger partial charge in [-0.25, -0.2) is 0 Å². The highest BCUT2D eigenvalue weighted by molar-refractivity contribution is 7.18. The van der Waals surface area contributed by atoms with Crippen LogP contribution in [0.2, 0.25) is 5.02 Å². The molecule has 0 atom stereocenters. The van der Waals surface area contributed by atoms with Crippen molar-refractivity contribution in [3.8, 4) is 10.6 Å². The fraction of sp³-hybridized carbons (Fsp3) is 0.385. The average molecular weight is 497 g/mol. The molecular weight excluding hydrogens is 468 g/mol. The van der Waals surface area contributed by atoms with E-state index in [1.54, 1.807) is 6.07 Å². The van der Waals surface area contributed by atoms with E-state index >= 15 is 0 Å². The van der Waals surface area contributed by atoms with Gasteiger partial charge in [-0.2, -0.15) is 0 Å². The Morgan fingerprint density at radius 3 is 2.56 bits per heavy atom. The van der Waals surface area contributed by atoms with Gasteiger partial charge in [0.15, 0.2) is 0 Å². The average Bonchev–Trinajstić information content (AvgIpc) is 3.32. The zero-order valence-electron chi connectivity index (χ0n) is 19.1. The van der Waals surface area contributed by atoms with Crippen LogP contribution in [0.25, 0.3) is 10.6 Å². The van der Waals surface area contributed by atoms with Crippen LogP contribution >= 0.6 is 22.9 Å². The number of aryl methyl sites for hydroxylation is 1. The molecule has 2 amide bonds. The summed E-state index contributed by atoms with van der Waals surface area (Å²) in [5.41, 5.74) is 2.02. The van der Waals surface area contributed by atoms with Gasteiger partial charge in [0.1, 0.15) is 5.01 Å². The largest absolute Gasteiger partial charge is 0.339 e. The summed E-state index contributed by atoms with van der Waals surface area (Å²) in [5.74, 6) is -0.0341. The number of benzene rings is 2. The van der Waals surface area contributed by atoms with Crippen molar-refractivity contribution in [2.24, 2.45) is 0 Å². The number of hydrogen-bond donors (Lipinski definition) is 1. The van der Waals surface area contributed by atoms with Crippen molar-refractivity contribution >= 4 is 39.9 Å². The minimum Gasteiger partial charge on any atom is -0.339 e. The van der Waals surface area contributed by atoms with E-state index in [1.165, 1.54) is 17.8 Å². The number of rotatable bonds is 9. The summed E-state index contributed by atoms with van der Waals surface area (Å²) in [7, 11) is 0. The number of halogens is 1. The molecular formula is C26H29ClN4O2S. The summed E-state index contributed by atoms with van der Waals surface area (Å²) in [4.78, 5) is 27.8. The summed E-state index contributed by atoms with van der Waals surface area (Å²) < 4.78 is 0. The predicted molar refractivity (Wildman–Crippen MR) is 137 cm³/mol. The number of nitrogens with zero attached hydrogens (tertiary/aromatic N) is 3. The molecule has 8 heteroatoms. The number of carbonyl (C=O) groups excluding carboxylic acids is 2. The summed E-state index contributed by atoms with van der Waals surface area (Å²) in [6.07, 6.45) is 6.92. The number of carbonyl (C=O) groups is 2. The Labute approximate surface area is 209 Å². The van der Waals surface area contributed by atoms with Gasteiger partial charge in [0.2, 0.25) is 16.9 Å². The van der Waals surface area contributed by atoms with Gasteiger partial charge >= 0.3 is 0 Å². The van der Waals surface area contributed by atoms with Crippen LogP contribution in [0, 0.1) is 0 Å². The maximum atomic E-state index is 13.1. The zero-order valence-corrected chi connectivity index (χ0v) is 20.7. The molecule has 1 fully saturated rings. The van der Waals surface area contributed by atoms with Crippen molar-refractivity contribution < 1.29 is 9.59 Å². The molecule has 178 valence electrons. The van der Waals surface area contributed by atoms with E-state index in [-0.39, 0.29) is 24.3 Å². The first kappa shape index (κ1) is 24.4. The molecule has 0 bridgehead atoms. The van der Waals surface area contributed by atoms with E-state index in [9.17, 15) is 9.59 Å². The van der Waals surface area contributed by atoms with Crippen LogP contribution in [0.4, 0.5) is 5.13 Å². The van der Waals surface area contributed by atoms with Crippen LogP contribution in [0.5, 0.6) is 0 Å². The SMILES string of the molecule is O=C(CCN(C(=O)CCc1ccccc1)C1CCCCC1)Nc1nnc(-c2cccc(Cl)c2)s1. The molecule has 34 heavy (non-hydrogen) atoms. The Morgan fingerprint density at radius 2 is 1.79 bits per heavy atom. The van der Waals surface area contributed by atoms with E-state index < -0.39 is 0 Å². The molecule has 0 radical (unpaired) electrons. The van der Waals surface area contributed by atoms with E-state index in [0.717, 1.165) is 36.8 Å². The lowest BCUT2D eigenvalue weighted by Gasteiger charge is -2.34. The minimum atomic E-state index is -0.162. The second-order valence-electron chi connectivity index (χ2n) is 8.59. The number of hydrogen-bond acceptors (Lipinski definition) is 5. The Bertz CT molecular complexity index is 1100. The van der Waals surface area contributed by atoms with Gasteiger partial charge in [-0.3, -0.25) is 9.59 Å². The smallest absolute Gasteiger partial charge is 0.227 e. The lowest BCUT2D eigenvalue weighted by atomic mass is 9.93. The number of nitrogens with one attached hydrogen (secondary N) is 1. The molecule has 1 N–H and O–H groups in total. The highest BCUT2D eigenvalue weighted by Crippen LogP contribution is 2.28. The van der Waals surface area contributed by atoms with Gasteiger partial charge in [-0.05, 0) is 37.0 Å². The highest BCUT2D eigenvalue weighted by atomic mass is 35.5. The van der Waals surface area contributed by atoms with Gasteiger partial charge in [0.05, 0.1) is 0 Å². The van der Waals surface area contributed by atoms with Crippen molar-refractivity contribution in [2.45, 2.75) is 57.4 Å². The van der Waals surface area contributed by atoms with Gasteiger partial charge in [-0.1, -0.05) is 84.7 Å². The van der Waals surface area contributed by atoms with Crippen molar-refractivity contribution in [2.75, 3.05) is 11.9 Å². The molecule has 0 aliphatic heterocycles. The summed E-state index contributed by atoms with van der Waals surface area (Å²) >= 11 is 7.36. The second-order valence-corrected chi connectivity index (χ2v) is 10.00. The van der Waals surface area contributed by atoms with Crippen LogP contribution in [0.1, 0.15) is 50.5 Å². The Kier molecular flexibility index (Phi) is 8.66. The van der Waals surface area contributed by atoms with Gasteiger partial charge in [0, 0.05) is 36.0 Å². The number of anilines is 1. The monoisotopic (exact) mass is 496 g/mol. The molecule has 1 heterocycles. The first-order valence-corrected chi connectivity index (χ1v) is 13.0. The molecule has 2 aromatic carbocycles. The summed E-state index contributed by atoms with van der Waals surface area (Å²) in [5, 5.41) is 12.8. The lowest BCUT2D eigenvalue weighted by molar-refractivity contribution is -0.134. The van der Waals surface area contributed by atoms with Gasteiger partial charge < -0.3 is 10.2 Å². The normalized spacial score (nSPS) is 14.0. The zero-order chi connectivity index (χ0) is 23.8. The van der Waals surface area contributed by atoms with Crippen molar-refractivity contribution in [3.63, 3.8) is 0 Å². The van der Waals surface area contributed by atoms with Gasteiger partial charge in [-0.15, -0.1) is 10.2 Å². The molecule has 3 aromatic rings. The maximum Gasteiger partial charge on any atom is 0.227 e. The van der Waals surface area contributed by atoms with Crippen LogP contribution in [-0.2, 0) is 16.0 Å². The molecule has 0 unspecified atom stereocenters. The fourth-order valence-electron chi connectivity index (χ4n) is 4.36. The molecule has 0 spiro atoms. The Morgan fingerprint density at radius 1 is 1.00 bits per heavy atom. The molecule has 1 aliphatic carbocycles. The minimum absolute atomic E-state index is 0.128. The van der Waals surface area contributed by atoms with E-state index in [1.807, 2.05) is 53.4 Å². The molecule has 1 saturated carbocycles. The third-order valence-electron chi connectivity index (χ3n) is 6.13. The fourth-order valence-corrected chi connectivity index (χ4v) is 5.31. The Hall–Kier alpha value is -2.77. The number of amides is 2. The summed E-state index contributed by atoms with van der Waals surface area (Å²) in [6, 6.07) is 17.7. The van der Waals surface area contributed by atoms with Crippen molar-refractivity contribution in [1.82, 2.24) is 15.1 Å². The van der Waals surface area contributed by atoms with E-state index in [4.69, 9.17) is 11.6 Å². The molecule has 1 aromatic heterocycles. The number of aromatic nitrogens is 2. The highest BCUT2D eigenvalue weighted by Gasteiger charge is 2.25. The van der Waals surface area contributed by atoms with Crippen LogP contribution in [0.3, 0.4) is 0 Å². The first-order chi connectivity index (χ1) is 16.6.